The molecular weight excluding hydrogens is 412 g/mol. The van der Waals surface area contributed by atoms with Crippen LogP contribution in [0.15, 0.2) is 22.9 Å². The maximum atomic E-state index is 2.47. The summed E-state index contributed by atoms with van der Waals surface area (Å²) in [6, 6.07) is 4.95. The van der Waals surface area contributed by atoms with Crippen molar-refractivity contribution in [2.45, 2.75) is 135 Å². The van der Waals surface area contributed by atoms with Crippen molar-refractivity contribution in [1.82, 2.24) is 0 Å². The van der Waals surface area contributed by atoms with E-state index in [9.17, 15) is 0 Å². The van der Waals surface area contributed by atoms with Crippen molar-refractivity contribution in [3.63, 3.8) is 0 Å². The highest BCUT2D eigenvalue weighted by atomic mass is 32.1. The lowest BCUT2D eigenvalue weighted by molar-refractivity contribution is 0.398. The van der Waals surface area contributed by atoms with Crippen molar-refractivity contribution < 1.29 is 0 Å². The van der Waals surface area contributed by atoms with E-state index in [1.807, 2.05) is 22.7 Å². The van der Waals surface area contributed by atoms with Gasteiger partial charge in [-0.05, 0) is 46.9 Å². The molecule has 2 heterocycles. The minimum Gasteiger partial charge on any atom is -0.143 e. The van der Waals surface area contributed by atoms with Gasteiger partial charge < -0.3 is 0 Å². The Morgan fingerprint density at radius 1 is 0.516 bits per heavy atom. The van der Waals surface area contributed by atoms with E-state index in [1.165, 1.54) is 116 Å². The van der Waals surface area contributed by atoms with Crippen molar-refractivity contribution in [1.29, 1.82) is 0 Å². The first-order valence-corrected chi connectivity index (χ1v) is 15.3. The summed E-state index contributed by atoms with van der Waals surface area (Å²) in [6.07, 6.45) is 25.4. The molecule has 0 fully saturated rings. The Morgan fingerprint density at radius 3 is 1.26 bits per heavy atom. The summed E-state index contributed by atoms with van der Waals surface area (Å²) in [7, 11) is 0. The molecule has 0 bridgehead atoms. The smallest absolute Gasteiger partial charge is 0.0486 e. The monoisotopic (exact) mass is 458 g/mol. The molecule has 0 atom stereocenters. The Labute approximate surface area is 200 Å². The van der Waals surface area contributed by atoms with E-state index in [0.29, 0.717) is 5.41 Å². The highest BCUT2D eigenvalue weighted by molar-refractivity contribution is 7.21. The molecule has 0 nitrogen and oxygen atoms in total. The van der Waals surface area contributed by atoms with E-state index in [2.05, 4.69) is 36.7 Å². The lowest BCUT2D eigenvalue weighted by atomic mass is 9.71. The van der Waals surface area contributed by atoms with Gasteiger partial charge >= 0.3 is 0 Å². The van der Waals surface area contributed by atoms with Gasteiger partial charge in [-0.2, -0.15) is 0 Å². The molecule has 31 heavy (non-hydrogen) atoms. The number of fused-ring (bicyclic) bond motifs is 3. The molecule has 1 aliphatic carbocycles. The fraction of sp³-hybridized carbons (Fsp3) is 0.724. The fourth-order valence-electron chi connectivity index (χ4n) is 5.65. The summed E-state index contributed by atoms with van der Waals surface area (Å²) in [5.74, 6) is 0. The molecule has 0 saturated heterocycles. The first-order chi connectivity index (χ1) is 15.3. The van der Waals surface area contributed by atoms with Crippen LogP contribution in [0.4, 0.5) is 0 Å². The van der Waals surface area contributed by atoms with Gasteiger partial charge in [0.2, 0.25) is 0 Å². The van der Waals surface area contributed by atoms with Gasteiger partial charge in [0.25, 0.3) is 0 Å². The standard InChI is InChI=1S/C29H46S2/c1-3-5-7-9-11-13-15-17-21-29(22-18-16-14-12-10-8-6-4-2)25-19-23-30-27(25)28-26(29)20-24-31-28/h19-20,23-24H,3-18,21-22H2,1-2H3. The van der Waals surface area contributed by atoms with Gasteiger partial charge in [-0.3, -0.25) is 0 Å². The highest BCUT2D eigenvalue weighted by Gasteiger charge is 2.43. The Morgan fingerprint density at radius 2 is 0.871 bits per heavy atom. The normalized spacial score (nSPS) is 14.1. The van der Waals surface area contributed by atoms with E-state index >= 15 is 0 Å². The van der Waals surface area contributed by atoms with Crippen LogP contribution >= 0.6 is 22.7 Å². The van der Waals surface area contributed by atoms with Crippen LogP contribution in [-0.4, -0.2) is 0 Å². The zero-order valence-corrected chi connectivity index (χ0v) is 22.0. The molecule has 2 heteroatoms. The third-order valence-electron chi connectivity index (χ3n) is 7.48. The third kappa shape index (κ3) is 6.70. The van der Waals surface area contributed by atoms with Crippen molar-refractivity contribution in [3.8, 4) is 9.75 Å². The van der Waals surface area contributed by atoms with Crippen LogP contribution in [0.5, 0.6) is 0 Å². The van der Waals surface area contributed by atoms with Crippen LogP contribution in [-0.2, 0) is 5.41 Å². The van der Waals surface area contributed by atoms with Crippen LogP contribution in [0.25, 0.3) is 9.75 Å². The van der Waals surface area contributed by atoms with E-state index in [4.69, 9.17) is 0 Å². The number of thiophene rings is 2. The van der Waals surface area contributed by atoms with Crippen LogP contribution in [0.1, 0.15) is 141 Å². The van der Waals surface area contributed by atoms with Crippen molar-refractivity contribution >= 4 is 22.7 Å². The molecule has 1 aliphatic rings. The zero-order valence-electron chi connectivity index (χ0n) is 20.4. The lowest BCUT2D eigenvalue weighted by Gasteiger charge is -2.31. The number of rotatable bonds is 18. The van der Waals surface area contributed by atoms with Crippen LogP contribution in [0.3, 0.4) is 0 Å². The highest BCUT2D eigenvalue weighted by Crippen LogP contribution is 2.57. The van der Waals surface area contributed by atoms with Gasteiger partial charge in [0.1, 0.15) is 0 Å². The van der Waals surface area contributed by atoms with Crippen LogP contribution in [0, 0.1) is 0 Å². The molecule has 0 N–H and O–H groups in total. The van der Waals surface area contributed by atoms with E-state index in [-0.39, 0.29) is 0 Å². The van der Waals surface area contributed by atoms with Crippen molar-refractivity contribution in [2.75, 3.05) is 0 Å². The molecule has 2 aromatic heterocycles. The molecule has 0 spiro atoms. The van der Waals surface area contributed by atoms with Gasteiger partial charge in [-0.25, -0.2) is 0 Å². The molecule has 0 saturated carbocycles. The molecule has 0 amide bonds. The number of unbranched alkanes of at least 4 members (excludes halogenated alkanes) is 14. The number of hydrogen-bond donors (Lipinski definition) is 0. The predicted octanol–water partition coefficient (Wildman–Crippen LogP) is 11.1. The van der Waals surface area contributed by atoms with E-state index < -0.39 is 0 Å². The number of hydrogen-bond acceptors (Lipinski definition) is 2. The second kappa shape index (κ2) is 13.8. The Kier molecular flexibility index (Phi) is 11.2. The summed E-state index contributed by atoms with van der Waals surface area (Å²) in [5, 5.41) is 4.70. The third-order valence-corrected chi connectivity index (χ3v) is 9.48. The van der Waals surface area contributed by atoms with Gasteiger partial charge in [0, 0.05) is 15.2 Å². The Bertz CT molecular complexity index is 660. The maximum absolute atomic E-state index is 2.47. The van der Waals surface area contributed by atoms with Crippen molar-refractivity contribution in [2.24, 2.45) is 0 Å². The molecule has 0 aromatic carbocycles. The van der Waals surface area contributed by atoms with Gasteiger partial charge in [-0.1, -0.05) is 117 Å². The molecule has 0 radical (unpaired) electrons. The van der Waals surface area contributed by atoms with Gasteiger partial charge in [0.15, 0.2) is 0 Å². The first kappa shape index (κ1) is 25.0. The maximum Gasteiger partial charge on any atom is 0.0486 e. The minimum atomic E-state index is 0.328. The molecule has 2 aromatic rings. The predicted molar refractivity (Wildman–Crippen MR) is 143 cm³/mol. The molecular formula is C29H46S2. The summed E-state index contributed by atoms with van der Waals surface area (Å²) in [4.78, 5) is 3.20. The average Bonchev–Trinajstić information content (AvgIpc) is 3.49. The summed E-state index contributed by atoms with van der Waals surface area (Å²) in [5.41, 5.74) is 3.70. The molecule has 0 unspecified atom stereocenters. The van der Waals surface area contributed by atoms with Crippen LogP contribution in [0.2, 0.25) is 0 Å². The minimum absolute atomic E-state index is 0.328. The molecule has 3 rings (SSSR count). The summed E-state index contributed by atoms with van der Waals surface area (Å²) in [6.45, 7) is 4.62. The second-order valence-electron chi connectivity index (χ2n) is 9.86. The Balaban J connectivity index is 1.52. The van der Waals surface area contributed by atoms with E-state index in [1.54, 1.807) is 20.9 Å². The second-order valence-corrected chi connectivity index (χ2v) is 11.7. The van der Waals surface area contributed by atoms with Gasteiger partial charge in [-0.15, -0.1) is 22.7 Å². The van der Waals surface area contributed by atoms with Gasteiger partial charge in [0.05, 0.1) is 0 Å². The topological polar surface area (TPSA) is 0 Å². The molecule has 174 valence electrons. The van der Waals surface area contributed by atoms with Crippen LogP contribution < -0.4 is 0 Å². The molecule has 0 aliphatic heterocycles. The average molecular weight is 459 g/mol. The Hall–Kier alpha value is -0.600. The first-order valence-electron chi connectivity index (χ1n) is 13.5. The summed E-state index contributed by atoms with van der Waals surface area (Å²) >= 11 is 3.96. The zero-order chi connectivity index (χ0) is 21.8. The fourth-order valence-corrected chi connectivity index (χ4v) is 7.84. The quantitative estimate of drug-likeness (QED) is 0.195. The SMILES string of the molecule is CCCCCCCCCCC1(CCCCCCCCCC)c2ccsc2-c2sccc21. The summed E-state index contributed by atoms with van der Waals surface area (Å²) < 4.78 is 0. The lowest BCUT2D eigenvalue weighted by Crippen LogP contribution is -2.24. The largest absolute Gasteiger partial charge is 0.143 e. The van der Waals surface area contributed by atoms with Crippen molar-refractivity contribution in [3.05, 3.63) is 34.0 Å². The van der Waals surface area contributed by atoms with E-state index in [0.717, 1.165) is 0 Å².